The minimum atomic E-state index is -0.891. The van der Waals surface area contributed by atoms with Crippen LogP contribution in [0, 0.1) is 0 Å². The smallest absolute Gasteiger partial charge is 0.338 e. The number of anilines is 2. The van der Waals surface area contributed by atoms with E-state index in [0.29, 0.717) is 11.3 Å². The van der Waals surface area contributed by atoms with Crippen LogP contribution in [0.5, 0.6) is 0 Å². The summed E-state index contributed by atoms with van der Waals surface area (Å²) in [6.07, 6.45) is 0.00984. The van der Waals surface area contributed by atoms with Crippen LogP contribution in [-0.2, 0) is 20.7 Å². The van der Waals surface area contributed by atoms with Crippen LogP contribution in [0.2, 0.25) is 0 Å². The van der Waals surface area contributed by atoms with Gasteiger partial charge in [0.25, 0.3) is 5.91 Å². The Bertz CT molecular complexity index is 796. The van der Waals surface area contributed by atoms with Crippen LogP contribution < -0.4 is 10.2 Å². The fourth-order valence-electron chi connectivity index (χ4n) is 2.98. The molecule has 0 radical (unpaired) electrons. The van der Waals surface area contributed by atoms with Crippen molar-refractivity contribution in [2.45, 2.75) is 26.4 Å². The zero-order valence-electron chi connectivity index (χ0n) is 16.3. The topological polar surface area (TPSA) is 67.9 Å². The second-order valence-corrected chi connectivity index (χ2v) is 6.73. The van der Waals surface area contributed by atoms with Gasteiger partial charge in [-0.3, -0.25) is 4.79 Å². The predicted octanol–water partition coefficient (Wildman–Crippen LogP) is 3.27. The number of hydrogen-bond acceptors (Lipinski definition) is 5. The quantitative estimate of drug-likeness (QED) is 0.777. The molecule has 0 unspecified atom stereocenters. The molecule has 1 aliphatic rings. The molecule has 28 heavy (non-hydrogen) atoms. The Morgan fingerprint density at radius 3 is 2.32 bits per heavy atom. The van der Waals surface area contributed by atoms with E-state index in [9.17, 15) is 9.59 Å². The van der Waals surface area contributed by atoms with Crippen LogP contribution in [0.3, 0.4) is 0 Å². The largest absolute Gasteiger partial charge is 0.449 e. The van der Waals surface area contributed by atoms with Gasteiger partial charge in [0.2, 0.25) is 0 Å². The highest BCUT2D eigenvalue weighted by atomic mass is 16.5. The highest BCUT2D eigenvalue weighted by Gasteiger charge is 2.19. The maximum atomic E-state index is 12.4. The van der Waals surface area contributed by atoms with Crippen molar-refractivity contribution in [2.24, 2.45) is 0 Å². The van der Waals surface area contributed by atoms with Crippen LogP contribution in [-0.4, -0.2) is 44.3 Å². The van der Waals surface area contributed by atoms with Gasteiger partial charge in [-0.15, -0.1) is 0 Å². The number of aryl methyl sites for hydroxylation is 1. The SMILES string of the molecule is CCc1ccc(C(=O)O[C@H](C)C(=O)Nc2ccc(N3CCOCC3)cc2)cc1. The maximum Gasteiger partial charge on any atom is 0.338 e. The molecule has 1 fully saturated rings. The minimum absolute atomic E-state index is 0.363. The first-order chi connectivity index (χ1) is 13.6. The van der Waals surface area contributed by atoms with Crippen molar-refractivity contribution in [3.05, 3.63) is 59.7 Å². The molecule has 0 aromatic heterocycles. The molecule has 1 N–H and O–H groups in total. The Balaban J connectivity index is 1.53. The number of nitrogens with zero attached hydrogens (tertiary/aromatic N) is 1. The molecule has 0 bridgehead atoms. The molecule has 6 nitrogen and oxygen atoms in total. The highest BCUT2D eigenvalue weighted by Crippen LogP contribution is 2.19. The van der Waals surface area contributed by atoms with Gasteiger partial charge in [-0.25, -0.2) is 4.79 Å². The first-order valence-corrected chi connectivity index (χ1v) is 9.60. The fourth-order valence-corrected chi connectivity index (χ4v) is 2.98. The Morgan fingerprint density at radius 1 is 1.07 bits per heavy atom. The van der Waals surface area contributed by atoms with Gasteiger partial charge < -0.3 is 19.7 Å². The van der Waals surface area contributed by atoms with Gasteiger partial charge >= 0.3 is 5.97 Å². The van der Waals surface area contributed by atoms with Gasteiger partial charge in [0, 0.05) is 24.5 Å². The van der Waals surface area contributed by atoms with E-state index in [1.807, 2.05) is 43.3 Å². The van der Waals surface area contributed by atoms with Gasteiger partial charge in [0.15, 0.2) is 6.10 Å². The third-order valence-corrected chi connectivity index (χ3v) is 4.76. The number of morpholine rings is 1. The molecule has 1 saturated heterocycles. The van der Waals surface area contributed by atoms with Gasteiger partial charge in [-0.1, -0.05) is 19.1 Å². The summed E-state index contributed by atoms with van der Waals surface area (Å²) in [4.78, 5) is 26.8. The average Bonchev–Trinajstić information content (AvgIpc) is 2.75. The third-order valence-electron chi connectivity index (χ3n) is 4.76. The van der Waals surface area contributed by atoms with E-state index < -0.39 is 12.1 Å². The molecule has 1 heterocycles. The van der Waals surface area contributed by atoms with E-state index in [1.54, 1.807) is 19.1 Å². The molecular formula is C22H26N2O4. The lowest BCUT2D eigenvalue weighted by Gasteiger charge is -2.28. The first kappa shape index (κ1) is 19.9. The van der Waals surface area contributed by atoms with Gasteiger partial charge in [0.1, 0.15) is 0 Å². The lowest BCUT2D eigenvalue weighted by Crippen LogP contribution is -2.36. The van der Waals surface area contributed by atoms with E-state index >= 15 is 0 Å². The van der Waals surface area contributed by atoms with E-state index in [2.05, 4.69) is 10.2 Å². The lowest BCUT2D eigenvalue weighted by molar-refractivity contribution is -0.123. The summed E-state index contributed by atoms with van der Waals surface area (Å²) in [7, 11) is 0. The summed E-state index contributed by atoms with van der Waals surface area (Å²) in [6, 6.07) is 14.8. The minimum Gasteiger partial charge on any atom is -0.449 e. The standard InChI is InChI=1S/C22H26N2O4/c1-3-17-4-6-18(7-5-17)22(26)28-16(2)21(25)23-19-8-10-20(11-9-19)24-12-14-27-15-13-24/h4-11,16H,3,12-15H2,1-2H3,(H,23,25)/t16-/m1/s1. The molecule has 2 aromatic rings. The fraction of sp³-hybridized carbons (Fsp3) is 0.364. The van der Waals surface area contributed by atoms with Crippen LogP contribution in [0.1, 0.15) is 29.8 Å². The second-order valence-electron chi connectivity index (χ2n) is 6.73. The number of rotatable bonds is 6. The van der Waals surface area contributed by atoms with Crippen molar-refractivity contribution in [1.29, 1.82) is 0 Å². The molecule has 0 aliphatic carbocycles. The third kappa shape index (κ3) is 5.10. The van der Waals surface area contributed by atoms with E-state index in [1.165, 1.54) is 0 Å². The highest BCUT2D eigenvalue weighted by molar-refractivity contribution is 5.97. The van der Waals surface area contributed by atoms with Crippen LogP contribution in [0.4, 0.5) is 11.4 Å². The second kappa shape index (κ2) is 9.37. The zero-order chi connectivity index (χ0) is 19.9. The predicted molar refractivity (Wildman–Crippen MR) is 109 cm³/mol. The summed E-state index contributed by atoms with van der Waals surface area (Å²) in [5.41, 5.74) is 3.34. The van der Waals surface area contributed by atoms with Crippen molar-refractivity contribution in [1.82, 2.24) is 0 Å². The monoisotopic (exact) mass is 382 g/mol. The number of amides is 1. The molecule has 1 amide bonds. The molecule has 1 atom stereocenters. The van der Waals surface area contributed by atoms with Crippen molar-refractivity contribution < 1.29 is 19.1 Å². The Labute approximate surface area is 165 Å². The number of carbonyl (C=O) groups excluding carboxylic acids is 2. The molecule has 1 aliphatic heterocycles. The number of benzene rings is 2. The first-order valence-electron chi connectivity index (χ1n) is 9.60. The van der Waals surface area contributed by atoms with Crippen molar-refractivity contribution in [3.8, 4) is 0 Å². The van der Waals surface area contributed by atoms with Gasteiger partial charge in [0.05, 0.1) is 18.8 Å². The van der Waals surface area contributed by atoms with Crippen LogP contribution >= 0.6 is 0 Å². The number of hydrogen-bond donors (Lipinski definition) is 1. The normalized spacial score (nSPS) is 15.0. The molecule has 148 valence electrons. The number of nitrogens with one attached hydrogen (secondary N) is 1. The van der Waals surface area contributed by atoms with E-state index in [-0.39, 0.29) is 5.91 Å². The molecule has 6 heteroatoms. The summed E-state index contributed by atoms with van der Waals surface area (Å²) < 4.78 is 10.6. The van der Waals surface area contributed by atoms with E-state index in [4.69, 9.17) is 9.47 Å². The number of carbonyl (C=O) groups is 2. The van der Waals surface area contributed by atoms with Gasteiger partial charge in [-0.2, -0.15) is 0 Å². The van der Waals surface area contributed by atoms with Crippen LogP contribution in [0.25, 0.3) is 0 Å². The van der Waals surface area contributed by atoms with Gasteiger partial charge in [-0.05, 0) is 55.3 Å². The van der Waals surface area contributed by atoms with Crippen molar-refractivity contribution in [2.75, 3.05) is 36.5 Å². The lowest BCUT2D eigenvalue weighted by atomic mass is 10.1. The maximum absolute atomic E-state index is 12.4. The summed E-state index contributed by atoms with van der Waals surface area (Å²) in [5.74, 6) is -0.870. The van der Waals surface area contributed by atoms with Crippen molar-refractivity contribution in [3.63, 3.8) is 0 Å². The molecule has 0 spiro atoms. The summed E-state index contributed by atoms with van der Waals surface area (Å²) in [5, 5.41) is 2.79. The van der Waals surface area contributed by atoms with Crippen molar-refractivity contribution >= 4 is 23.3 Å². The van der Waals surface area contributed by atoms with Crippen LogP contribution in [0.15, 0.2) is 48.5 Å². The zero-order valence-corrected chi connectivity index (χ0v) is 16.3. The number of esters is 1. The molecular weight excluding hydrogens is 356 g/mol. The Hall–Kier alpha value is -2.86. The summed E-state index contributed by atoms with van der Waals surface area (Å²) >= 11 is 0. The molecule has 3 rings (SSSR count). The van der Waals surface area contributed by atoms with E-state index in [0.717, 1.165) is 44.0 Å². The Kier molecular flexibility index (Phi) is 6.66. The Morgan fingerprint density at radius 2 is 1.71 bits per heavy atom. The number of ether oxygens (including phenoxy) is 2. The summed E-state index contributed by atoms with van der Waals surface area (Å²) in [6.45, 7) is 6.78. The molecule has 2 aromatic carbocycles. The average molecular weight is 382 g/mol. The molecule has 0 saturated carbocycles.